The summed E-state index contributed by atoms with van der Waals surface area (Å²) in [5.41, 5.74) is 6.62. The monoisotopic (exact) mass is 452 g/mol. The second-order valence-electron chi connectivity index (χ2n) is 5.35. The van der Waals surface area contributed by atoms with Crippen molar-refractivity contribution in [2.24, 2.45) is 5.73 Å². The second-order valence-corrected chi connectivity index (χ2v) is 6.51. The maximum Gasteiger partial charge on any atom is 0.308 e. The van der Waals surface area contributed by atoms with Gasteiger partial charge in [0.1, 0.15) is 11.8 Å². The maximum atomic E-state index is 12.4. The molecule has 0 aromatic heterocycles. The van der Waals surface area contributed by atoms with Crippen LogP contribution in [0, 0.1) is 3.57 Å². The van der Waals surface area contributed by atoms with Gasteiger partial charge in [-0.3, -0.25) is 14.4 Å². The van der Waals surface area contributed by atoms with E-state index in [1.54, 1.807) is 18.2 Å². The number of nitrogens with two attached hydrogens (primary N) is 1. The van der Waals surface area contributed by atoms with Crippen molar-refractivity contribution >= 4 is 40.4 Å². The highest BCUT2D eigenvalue weighted by Gasteiger charge is 2.20. The Labute approximate surface area is 158 Å². The lowest BCUT2D eigenvalue weighted by Crippen LogP contribution is -2.46. The van der Waals surface area contributed by atoms with Crippen LogP contribution in [0.3, 0.4) is 0 Å². The Hall–Kier alpha value is -2.42. The van der Waals surface area contributed by atoms with Crippen LogP contribution in [-0.4, -0.2) is 23.8 Å². The van der Waals surface area contributed by atoms with E-state index in [0.29, 0.717) is 6.42 Å². The fourth-order valence-electron chi connectivity index (χ4n) is 2.21. The van der Waals surface area contributed by atoms with Gasteiger partial charge >= 0.3 is 5.97 Å². The van der Waals surface area contributed by atoms with E-state index in [4.69, 9.17) is 10.5 Å². The Kier molecular flexibility index (Phi) is 6.51. The summed E-state index contributed by atoms with van der Waals surface area (Å²) in [6.45, 7) is 1.28. The summed E-state index contributed by atoms with van der Waals surface area (Å²) < 4.78 is 5.94. The second kappa shape index (κ2) is 8.61. The van der Waals surface area contributed by atoms with Crippen molar-refractivity contribution in [3.8, 4) is 5.75 Å². The quantitative estimate of drug-likeness (QED) is 0.398. The molecule has 2 aromatic rings. The fraction of sp³-hybridized carbons (Fsp3) is 0.167. The van der Waals surface area contributed by atoms with E-state index in [1.807, 2.05) is 24.3 Å². The van der Waals surface area contributed by atoms with E-state index < -0.39 is 23.8 Å². The molecule has 0 bridgehead atoms. The highest BCUT2D eigenvalue weighted by atomic mass is 127. The van der Waals surface area contributed by atoms with Gasteiger partial charge in [0.15, 0.2) is 0 Å². The summed E-state index contributed by atoms with van der Waals surface area (Å²) in [4.78, 5) is 35.2. The number of nitrogens with one attached hydrogen (secondary N) is 1. The molecule has 0 unspecified atom stereocenters. The molecular weight excluding hydrogens is 435 g/mol. The lowest BCUT2D eigenvalue weighted by molar-refractivity contribution is -0.131. The molecule has 0 aliphatic carbocycles. The van der Waals surface area contributed by atoms with Crippen LogP contribution in [0.2, 0.25) is 0 Å². The first-order chi connectivity index (χ1) is 11.9. The zero-order valence-electron chi connectivity index (χ0n) is 13.5. The first-order valence-electron chi connectivity index (χ1n) is 7.49. The third-order valence-electron chi connectivity index (χ3n) is 3.39. The van der Waals surface area contributed by atoms with Gasteiger partial charge < -0.3 is 15.8 Å². The standard InChI is InChI=1S/C18H17IN2O4/c1-11(22)25-14-7-4-6-13(9-14)18(24)21-16(17(20)23)10-12-5-2-3-8-15(12)19/h2-9,16H,10H2,1H3,(H2,20,23)(H,21,24)/t16-/m1/s1. The summed E-state index contributed by atoms with van der Waals surface area (Å²) in [5, 5.41) is 2.63. The van der Waals surface area contributed by atoms with Crippen molar-refractivity contribution in [2.75, 3.05) is 0 Å². The van der Waals surface area contributed by atoms with Gasteiger partial charge in [-0.1, -0.05) is 24.3 Å². The molecule has 130 valence electrons. The largest absolute Gasteiger partial charge is 0.427 e. The van der Waals surface area contributed by atoms with Crippen molar-refractivity contribution in [1.29, 1.82) is 0 Å². The summed E-state index contributed by atoms with van der Waals surface area (Å²) in [5.74, 6) is -1.31. The highest BCUT2D eigenvalue weighted by Crippen LogP contribution is 2.16. The van der Waals surface area contributed by atoms with Gasteiger partial charge in [-0.15, -0.1) is 0 Å². The smallest absolute Gasteiger partial charge is 0.308 e. The molecule has 0 saturated carbocycles. The average molecular weight is 452 g/mol. The van der Waals surface area contributed by atoms with Gasteiger partial charge in [-0.05, 0) is 52.4 Å². The predicted octanol–water partition coefficient (Wildman–Crippen LogP) is 2.04. The number of amides is 2. The molecular formula is C18H17IN2O4. The van der Waals surface area contributed by atoms with Crippen LogP contribution in [0.25, 0.3) is 0 Å². The van der Waals surface area contributed by atoms with Crippen molar-refractivity contribution in [3.63, 3.8) is 0 Å². The van der Waals surface area contributed by atoms with Gasteiger partial charge in [-0.2, -0.15) is 0 Å². The minimum absolute atomic E-state index is 0.258. The molecule has 0 spiro atoms. The lowest BCUT2D eigenvalue weighted by Gasteiger charge is -2.16. The van der Waals surface area contributed by atoms with Gasteiger partial charge in [0, 0.05) is 22.5 Å². The number of hydrogen-bond acceptors (Lipinski definition) is 4. The molecule has 0 heterocycles. The minimum atomic E-state index is -0.846. The molecule has 7 heteroatoms. The summed E-state index contributed by atoms with van der Waals surface area (Å²) in [6.07, 6.45) is 0.295. The van der Waals surface area contributed by atoms with Crippen molar-refractivity contribution in [1.82, 2.24) is 5.32 Å². The predicted molar refractivity (Wildman–Crippen MR) is 101 cm³/mol. The Morgan fingerprint density at radius 2 is 1.88 bits per heavy atom. The van der Waals surface area contributed by atoms with E-state index in [2.05, 4.69) is 27.9 Å². The third kappa shape index (κ3) is 5.56. The molecule has 3 N–H and O–H groups in total. The Bertz CT molecular complexity index is 807. The number of carbonyl (C=O) groups excluding carboxylic acids is 3. The van der Waals surface area contributed by atoms with Crippen molar-refractivity contribution in [3.05, 3.63) is 63.2 Å². The van der Waals surface area contributed by atoms with Crippen molar-refractivity contribution in [2.45, 2.75) is 19.4 Å². The van der Waals surface area contributed by atoms with E-state index >= 15 is 0 Å². The number of halogens is 1. The Balaban J connectivity index is 2.14. The molecule has 0 fully saturated rings. The lowest BCUT2D eigenvalue weighted by atomic mass is 10.0. The van der Waals surface area contributed by atoms with Gasteiger partial charge in [0.25, 0.3) is 5.91 Å². The molecule has 0 saturated heterocycles. The zero-order chi connectivity index (χ0) is 18.4. The summed E-state index contributed by atoms with van der Waals surface area (Å²) in [7, 11) is 0. The van der Waals surface area contributed by atoms with E-state index in [-0.39, 0.29) is 11.3 Å². The molecule has 0 radical (unpaired) electrons. The fourth-order valence-corrected chi connectivity index (χ4v) is 2.82. The van der Waals surface area contributed by atoms with E-state index in [9.17, 15) is 14.4 Å². The van der Waals surface area contributed by atoms with E-state index in [1.165, 1.54) is 13.0 Å². The minimum Gasteiger partial charge on any atom is -0.427 e. The number of ether oxygens (including phenoxy) is 1. The van der Waals surface area contributed by atoms with Crippen LogP contribution >= 0.6 is 22.6 Å². The average Bonchev–Trinajstić information content (AvgIpc) is 2.55. The van der Waals surface area contributed by atoms with Gasteiger partial charge in [0.05, 0.1) is 0 Å². The van der Waals surface area contributed by atoms with Gasteiger partial charge in [-0.25, -0.2) is 0 Å². The first kappa shape index (κ1) is 18.9. The molecule has 25 heavy (non-hydrogen) atoms. The number of rotatable bonds is 6. The number of esters is 1. The van der Waals surface area contributed by atoms with Crippen LogP contribution in [-0.2, 0) is 16.0 Å². The van der Waals surface area contributed by atoms with Crippen LogP contribution in [0.15, 0.2) is 48.5 Å². The van der Waals surface area contributed by atoms with Crippen LogP contribution in [0.1, 0.15) is 22.8 Å². The molecule has 1 atom stereocenters. The van der Waals surface area contributed by atoms with Crippen LogP contribution in [0.5, 0.6) is 5.75 Å². The Morgan fingerprint density at radius 1 is 1.16 bits per heavy atom. The molecule has 2 aromatic carbocycles. The number of benzene rings is 2. The summed E-state index contributed by atoms with van der Waals surface area (Å²) in [6, 6.07) is 12.9. The van der Waals surface area contributed by atoms with E-state index in [0.717, 1.165) is 9.13 Å². The van der Waals surface area contributed by atoms with Crippen molar-refractivity contribution < 1.29 is 19.1 Å². The van der Waals surface area contributed by atoms with Crippen LogP contribution in [0.4, 0.5) is 0 Å². The van der Waals surface area contributed by atoms with Crippen LogP contribution < -0.4 is 15.8 Å². The van der Waals surface area contributed by atoms with Gasteiger partial charge in [0.2, 0.25) is 5.91 Å². The Morgan fingerprint density at radius 3 is 2.52 bits per heavy atom. The first-order valence-corrected chi connectivity index (χ1v) is 8.56. The topological polar surface area (TPSA) is 98.5 Å². The zero-order valence-corrected chi connectivity index (χ0v) is 15.6. The number of hydrogen-bond donors (Lipinski definition) is 2. The number of carbonyl (C=O) groups is 3. The SMILES string of the molecule is CC(=O)Oc1cccc(C(=O)N[C@H](Cc2ccccc2I)C(N)=O)c1. The third-order valence-corrected chi connectivity index (χ3v) is 4.44. The molecule has 2 rings (SSSR count). The highest BCUT2D eigenvalue weighted by molar-refractivity contribution is 14.1. The molecule has 0 aliphatic heterocycles. The maximum absolute atomic E-state index is 12.4. The molecule has 0 aliphatic rings. The molecule has 2 amide bonds. The normalized spacial score (nSPS) is 11.4. The number of primary amides is 1. The summed E-state index contributed by atoms with van der Waals surface area (Å²) >= 11 is 2.16. The molecule has 6 nitrogen and oxygen atoms in total.